The highest BCUT2D eigenvalue weighted by molar-refractivity contribution is 5.93. The lowest BCUT2D eigenvalue weighted by molar-refractivity contribution is 0.0945. The summed E-state index contributed by atoms with van der Waals surface area (Å²) in [6, 6.07) is 9.89. The van der Waals surface area contributed by atoms with Crippen LogP contribution in [0.1, 0.15) is 23.3 Å². The highest BCUT2D eigenvalue weighted by Crippen LogP contribution is 2.21. The van der Waals surface area contributed by atoms with Crippen LogP contribution in [0.15, 0.2) is 49.1 Å². The summed E-state index contributed by atoms with van der Waals surface area (Å²) in [5.74, 6) is -0.387. The van der Waals surface area contributed by atoms with Crippen molar-refractivity contribution in [2.45, 2.75) is 19.4 Å². The zero-order valence-corrected chi connectivity index (χ0v) is 14.0. The van der Waals surface area contributed by atoms with E-state index in [0.29, 0.717) is 12.2 Å². The minimum absolute atomic E-state index is 0.111. The molecule has 0 unspecified atom stereocenters. The van der Waals surface area contributed by atoms with Gasteiger partial charge in [0.05, 0.1) is 0 Å². The molecule has 0 aliphatic carbocycles. The SMILES string of the molecule is Cn1c(C(=O)NCCCCn2cnnc2)ccc1-c1ccc(F)cc1. The molecule has 0 atom stereocenters. The number of rotatable bonds is 7. The third-order valence-corrected chi connectivity index (χ3v) is 4.09. The van der Waals surface area contributed by atoms with Crippen molar-refractivity contribution in [3.63, 3.8) is 0 Å². The monoisotopic (exact) mass is 341 g/mol. The minimum Gasteiger partial charge on any atom is -0.351 e. The Morgan fingerprint density at radius 2 is 1.80 bits per heavy atom. The Morgan fingerprint density at radius 1 is 1.08 bits per heavy atom. The minimum atomic E-state index is -0.276. The summed E-state index contributed by atoms with van der Waals surface area (Å²) in [6.07, 6.45) is 5.17. The number of nitrogens with zero attached hydrogens (tertiary/aromatic N) is 4. The van der Waals surface area contributed by atoms with E-state index in [4.69, 9.17) is 0 Å². The number of aryl methyl sites for hydroxylation is 1. The Bertz CT molecular complexity index is 824. The van der Waals surface area contributed by atoms with E-state index in [9.17, 15) is 9.18 Å². The molecule has 6 nitrogen and oxygen atoms in total. The lowest BCUT2D eigenvalue weighted by Gasteiger charge is -2.09. The first-order valence-electron chi connectivity index (χ1n) is 8.17. The van der Waals surface area contributed by atoms with Gasteiger partial charge in [-0.2, -0.15) is 0 Å². The molecule has 0 bridgehead atoms. The second-order valence-electron chi connectivity index (χ2n) is 5.83. The van der Waals surface area contributed by atoms with Gasteiger partial charge in [0.15, 0.2) is 0 Å². The molecule has 7 heteroatoms. The summed E-state index contributed by atoms with van der Waals surface area (Å²) in [6.45, 7) is 1.44. The van der Waals surface area contributed by atoms with Crippen LogP contribution in [0.5, 0.6) is 0 Å². The van der Waals surface area contributed by atoms with Gasteiger partial charge in [-0.15, -0.1) is 10.2 Å². The van der Waals surface area contributed by atoms with Crippen molar-refractivity contribution in [1.82, 2.24) is 24.6 Å². The molecule has 1 aromatic carbocycles. The molecule has 0 fully saturated rings. The molecule has 130 valence electrons. The van der Waals surface area contributed by atoms with E-state index in [0.717, 1.165) is 30.6 Å². The molecule has 0 aliphatic heterocycles. The Balaban J connectivity index is 1.53. The van der Waals surface area contributed by atoms with Crippen molar-refractivity contribution >= 4 is 5.91 Å². The Labute approximate surface area is 145 Å². The van der Waals surface area contributed by atoms with E-state index in [1.54, 1.807) is 30.9 Å². The first-order chi connectivity index (χ1) is 12.1. The van der Waals surface area contributed by atoms with Crippen LogP contribution in [0, 0.1) is 5.82 Å². The van der Waals surface area contributed by atoms with E-state index in [-0.39, 0.29) is 11.7 Å². The number of hydrogen-bond donors (Lipinski definition) is 1. The van der Waals surface area contributed by atoms with Crippen molar-refractivity contribution < 1.29 is 9.18 Å². The number of unbranched alkanes of at least 4 members (excludes halogenated alkanes) is 1. The van der Waals surface area contributed by atoms with E-state index in [1.165, 1.54) is 12.1 Å². The van der Waals surface area contributed by atoms with Gasteiger partial charge in [-0.3, -0.25) is 4.79 Å². The number of carbonyl (C=O) groups excluding carboxylic acids is 1. The summed E-state index contributed by atoms with van der Waals surface area (Å²) < 4.78 is 16.8. The number of nitrogens with one attached hydrogen (secondary N) is 1. The maximum absolute atomic E-state index is 13.0. The molecule has 1 amide bonds. The lowest BCUT2D eigenvalue weighted by Crippen LogP contribution is -2.26. The van der Waals surface area contributed by atoms with Gasteiger partial charge in [-0.1, -0.05) is 0 Å². The molecule has 2 aromatic heterocycles. The summed E-state index contributed by atoms with van der Waals surface area (Å²) in [4.78, 5) is 12.3. The Hall–Kier alpha value is -2.96. The lowest BCUT2D eigenvalue weighted by atomic mass is 10.1. The van der Waals surface area contributed by atoms with Gasteiger partial charge in [-0.05, 0) is 54.8 Å². The summed E-state index contributed by atoms with van der Waals surface area (Å²) in [5.41, 5.74) is 2.33. The molecule has 0 spiro atoms. The molecule has 3 rings (SSSR count). The zero-order chi connectivity index (χ0) is 17.6. The van der Waals surface area contributed by atoms with Crippen molar-refractivity contribution in [1.29, 1.82) is 0 Å². The van der Waals surface area contributed by atoms with Crippen LogP contribution < -0.4 is 5.32 Å². The number of halogens is 1. The summed E-state index contributed by atoms with van der Waals surface area (Å²) >= 11 is 0. The fourth-order valence-electron chi connectivity index (χ4n) is 2.70. The normalized spacial score (nSPS) is 10.8. The van der Waals surface area contributed by atoms with Gasteiger partial charge >= 0.3 is 0 Å². The van der Waals surface area contributed by atoms with E-state index in [1.807, 2.05) is 22.2 Å². The zero-order valence-electron chi connectivity index (χ0n) is 14.0. The number of amides is 1. The van der Waals surface area contributed by atoms with Crippen LogP contribution in [-0.2, 0) is 13.6 Å². The van der Waals surface area contributed by atoms with Gasteiger partial charge in [0.25, 0.3) is 5.91 Å². The van der Waals surface area contributed by atoms with Gasteiger partial charge < -0.3 is 14.5 Å². The predicted octanol–water partition coefficient (Wildman–Crippen LogP) is 2.63. The number of carbonyl (C=O) groups is 1. The Morgan fingerprint density at radius 3 is 2.52 bits per heavy atom. The number of hydrogen-bond acceptors (Lipinski definition) is 3. The topological polar surface area (TPSA) is 64.7 Å². The van der Waals surface area contributed by atoms with Crippen LogP contribution in [0.25, 0.3) is 11.3 Å². The van der Waals surface area contributed by atoms with E-state index >= 15 is 0 Å². The van der Waals surface area contributed by atoms with Gasteiger partial charge in [-0.25, -0.2) is 4.39 Å². The van der Waals surface area contributed by atoms with Crippen LogP contribution in [0.2, 0.25) is 0 Å². The highest BCUT2D eigenvalue weighted by atomic mass is 19.1. The first-order valence-corrected chi connectivity index (χ1v) is 8.17. The third kappa shape index (κ3) is 4.12. The van der Waals surface area contributed by atoms with Crippen molar-refractivity contribution in [2.75, 3.05) is 6.54 Å². The second-order valence-corrected chi connectivity index (χ2v) is 5.83. The smallest absolute Gasteiger partial charge is 0.267 e. The third-order valence-electron chi connectivity index (χ3n) is 4.09. The molecular weight excluding hydrogens is 321 g/mol. The van der Waals surface area contributed by atoms with Crippen molar-refractivity contribution in [3.05, 3.63) is 60.6 Å². The molecule has 25 heavy (non-hydrogen) atoms. The van der Waals surface area contributed by atoms with Gasteiger partial charge in [0.1, 0.15) is 24.2 Å². The fourth-order valence-corrected chi connectivity index (χ4v) is 2.70. The molecule has 0 saturated heterocycles. The summed E-state index contributed by atoms with van der Waals surface area (Å²) in [5, 5.41) is 10.4. The summed E-state index contributed by atoms with van der Waals surface area (Å²) in [7, 11) is 1.83. The molecule has 2 heterocycles. The molecule has 1 N–H and O–H groups in total. The van der Waals surface area contributed by atoms with Crippen molar-refractivity contribution in [3.8, 4) is 11.3 Å². The number of benzene rings is 1. The maximum Gasteiger partial charge on any atom is 0.267 e. The van der Waals surface area contributed by atoms with Crippen LogP contribution in [0.4, 0.5) is 4.39 Å². The fraction of sp³-hybridized carbons (Fsp3) is 0.278. The second kappa shape index (κ2) is 7.74. The van der Waals surface area contributed by atoms with E-state index < -0.39 is 0 Å². The molecule has 0 radical (unpaired) electrons. The average molecular weight is 341 g/mol. The standard InChI is InChI=1S/C18H20FN5O/c1-23-16(14-4-6-15(19)7-5-14)8-9-17(23)18(25)20-10-2-3-11-24-12-21-22-13-24/h4-9,12-13H,2-3,10-11H2,1H3,(H,20,25). The van der Waals surface area contributed by atoms with Gasteiger partial charge in [0, 0.05) is 25.8 Å². The van der Waals surface area contributed by atoms with Gasteiger partial charge in [0.2, 0.25) is 0 Å². The molecular formula is C18H20FN5O. The van der Waals surface area contributed by atoms with Crippen molar-refractivity contribution in [2.24, 2.45) is 7.05 Å². The number of aromatic nitrogens is 4. The van der Waals surface area contributed by atoms with Crippen LogP contribution >= 0.6 is 0 Å². The largest absolute Gasteiger partial charge is 0.351 e. The Kier molecular flexibility index (Phi) is 5.23. The molecule has 0 aliphatic rings. The van der Waals surface area contributed by atoms with Crippen LogP contribution in [-0.4, -0.2) is 31.8 Å². The first kappa shape index (κ1) is 16.9. The van der Waals surface area contributed by atoms with E-state index in [2.05, 4.69) is 15.5 Å². The molecule has 0 saturated carbocycles. The molecule has 3 aromatic rings. The van der Waals surface area contributed by atoms with Crippen LogP contribution in [0.3, 0.4) is 0 Å². The highest BCUT2D eigenvalue weighted by Gasteiger charge is 2.13. The predicted molar refractivity (Wildman–Crippen MR) is 92.4 cm³/mol. The average Bonchev–Trinajstić information content (AvgIpc) is 3.25. The maximum atomic E-state index is 13.0. The quantitative estimate of drug-likeness (QED) is 0.672.